The van der Waals surface area contributed by atoms with Crippen molar-refractivity contribution in [3.05, 3.63) is 41.6 Å². The molecule has 8 nitrogen and oxygen atoms in total. The van der Waals surface area contributed by atoms with E-state index in [2.05, 4.69) is 19.9 Å². The number of carbonyl (C=O) groups excluding carboxylic acids is 1. The van der Waals surface area contributed by atoms with Gasteiger partial charge in [-0.15, -0.1) is 0 Å². The number of hydrogen-bond acceptors (Lipinski definition) is 6. The highest BCUT2D eigenvalue weighted by atomic mass is 32.2. The minimum atomic E-state index is -3.22. The summed E-state index contributed by atoms with van der Waals surface area (Å²) in [5, 5.41) is 6.82. The maximum Gasteiger partial charge on any atom is 0.387 e. The number of hydrogen-bond donors (Lipinski definition) is 1. The smallest absolute Gasteiger partial charge is 0.387 e. The van der Waals surface area contributed by atoms with Crippen molar-refractivity contribution in [2.75, 3.05) is 16.8 Å². The van der Waals surface area contributed by atoms with Crippen LogP contribution < -0.4 is 14.8 Å². The molecule has 174 valence electrons. The summed E-state index contributed by atoms with van der Waals surface area (Å²) in [4.78, 5) is 12.4. The van der Waals surface area contributed by atoms with Crippen molar-refractivity contribution in [2.24, 2.45) is 0 Å². The number of benzene rings is 1. The Morgan fingerprint density at radius 3 is 2.56 bits per heavy atom. The molecular formula is C19H19F4N3O5S. The molecule has 1 saturated heterocycles. The second kappa shape index (κ2) is 9.59. The Bertz CT molecular complexity index is 1120. The molecule has 0 radical (unpaired) electrons. The van der Waals surface area contributed by atoms with Gasteiger partial charge < -0.3 is 14.8 Å². The number of anilines is 1. The Hall–Kier alpha value is -3.09. The minimum absolute atomic E-state index is 0.0219. The Labute approximate surface area is 180 Å². The fourth-order valence-corrected chi connectivity index (χ4v) is 4.91. The highest BCUT2D eigenvalue weighted by Gasteiger charge is 2.31. The van der Waals surface area contributed by atoms with Gasteiger partial charge in [-0.05, 0) is 31.6 Å². The van der Waals surface area contributed by atoms with E-state index in [9.17, 15) is 30.8 Å². The van der Waals surface area contributed by atoms with Crippen LogP contribution in [0.1, 0.15) is 23.7 Å². The molecule has 1 aliphatic rings. The first-order valence-electron chi connectivity index (χ1n) is 9.32. The molecule has 0 saturated carbocycles. The highest BCUT2D eigenvalue weighted by molar-refractivity contribution is 7.91. The van der Waals surface area contributed by atoms with Crippen LogP contribution in [0.25, 0.3) is 6.08 Å². The number of amides is 1. The third kappa shape index (κ3) is 6.22. The van der Waals surface area contributed by atoms with Crippen molar-refractivity contribution in [3.63, 3.8) is 0 Å². The maximum atomic E-state index is 12.7. The number of alkyl halides is 4. The number of sulfone groups is 1. The summed E-state index contributed by atoms with van der Waals surface area (Å²) in [6.45, 7) is -4.69. The zero-order valence-corrected chi connectivity index (χ0v) is 17.5. The zero-order chi connectivity index (χ0) is 23.5. The van der Waals surface area contributed by atoms with Gasteiger partial charge in [-0.3, -0.25) is 4.79 Å². The van der Waals surface area contributed by atoms with Crippen LogP contribution in [0.2, 0.25) is 0 Å². The summed E-state index contributed by atoms with van der Waals surface area (Å²) >= 11 is 0. The first-order chi connectivity index (χ1) is 15.0. The SMILES string of the molecule is Cc1cc(NC(=O)/C=C/c2ccc(OC(F)F)cc2OC(F)F)n(C2CCS(=O)(=O)C2)n1. The van der Waals surface area contributed by atoms with E-state index in [1.807, 2.05) is 0 Å². The van der Waals surface area contributed by atoms with Crippen LogP contribution in [0.4, 0.5) is 23.4 Å². The average Bonchev–Trinajstić information content (AvgIpc) is 3.21. The van der Waals surface area contributed by atoms with Crippen LogP contribution >= 0.6 is 0 Å². The lowest BCUT2D eigenvalue weighted by Crippen LogP contribution is -2.18. The largest absolute Gasteiger partial charge is 0.435 e. The van der Waals surface area contributed by atoms with Crippen LogP contribution in [0.5, 0.6) is 11.5 Å². The molecule has 2 aromatic rings. The lowest BCUT2D eigenvalue weighted by molar-refractivity contribution is -0.111. The third-order valence-corrected chi connectivity index (χ3v) is 6.25. The van der Waals surface area contributed by atoms with Gasteiger partial charge in [0.25, 0.3) is 0 Å². The van der Waals surface area contributed by atoms with Crippen molar-refractivity contribution in [2.45, 2.75) is 32.6 Å². The molecule has 0 bridgehead atoms. The van der Waals surface area contributed by atoms with Gasteiger partial charge in [0.2, 0.25) is 5.91 Å². The van der Waals surface area contributed by atoms with E-state index < -0.39 is 40.8 Å². The van der Waals surface area contributed by atoms with Crippen LogP contribution in [-0.4, -0.2) is 48.8 Å². The molecule has 1 N–H and O–H groups in total. The van der Waals surface area contributed by atoms with E-state index >= 15 is 0 Å². The van der Waals surface area contributed by atoms with Crippen molar-refractivity contribution in [1.82, 2.24) is 9.78 Å². The predicted molar refractivity (Wildman–Crippen MR) is 107 cm³/mol. The second-order valence-corrected chi connectivity index (χ2v) is 9.18. The van der Waals surface area contributed by atoms with Gasteiger partial charge in [0.05, 0.1) is 23.2 Å². The average molecular weight is 477 g/mol. The van der Waals surface area contributed by atoms with E-state index in [-0.39, 0.29) is 28.6 Å². The number of aryl methyl sites for hydroxylation is 1. The Morgan fingerprint density at radius 2 is 1.94 bits per heavy atom. The molecule has 3 rings (SSSR count). The molecule has 1 fully saturated rings. The Kier molecular flexibility index (Phi) is 7.06. The molecule has 1 aromatic heterocycles. The van der Waals surface area contributed by atoms with Gasteiger partial charge in [0.15, 0.2) is 9.84 Å². The fraction of sp³-hybridized carbons (Fsp3) is 0.368. The summed E-state index contributed by atoms with van der Waals surface area (Å²) < 4.78 is 83.4. The number of nitrogens with zero attached hydrogens (tertiary/aromatic N) is 2. The van der Waals surface area contributed by atoms with Gasteiger partial charge >= 0.3 is 13.2 Å². The van der Waals surface area contributed by atoms with Crippen molar-refractivity contribution < 1.29 is 40.2 Å². The third-order valence-electron chi connectivity index (χ3n) is 4.50. The molecule has 0 aliphatic carbocycles. The monoisotopic (exact) mass is 477 g/mol. The van der Waals surface area contributed by atoms with Crippen LogP contribution in [-0.2, 0) is 14.6 Å². The highest BCUT2D eigenvalue weighted by Crippen LogP contribution is 2.29. The number of aromatic nitrogens is 2. The van der Waals surface area contributed by atoms with Gasteiger partial charge in [-0.1, -0.05) is 0 Å². The van der Waals surface area contributed by atoms with Crippen molar-refractivity contribution in [3.8, 4) is 11.5 Å². The standard InChI is InChI=1S/C19H19F4N3O5S/c1-11-8-16(26(25-11)13-6-7-32(28,29)10-13)24-17(27)5-3-12-2-4-14(30-18(20)21)9-15(12)31-19(22)23/h2-5,8-9,13,18-19H,6-7,10H2,1H3,(H,24,27)/b5-3+. The lowest BCUT2D eigenvalue weighted by Gasteiger charge is -2.13. The Balaban J connectivity index is 1.76. The first kappa shape index (κ1) is 23.6. The quantitative estimate of drug-likeness (QED) is 0.462. The van der Waals surface area contributed by atoms with E-state index in [1.54, 1.807) is 13.0 Å². The summed E-state index contributed by atoms with van der Waals surface area (Å²) in [7, 11) is -3.17. The molecule has 1 atom stereocenters. The number of carbonyl (C=O) groups is 1. The second-order valence-electron chi connectivity index (χ2n) is 6.95. The molecule has 1 aliphatic heterocycles. The molecule has 32 heavy (non-hydrogen) atoms. The van der Waals surface area contributed by atoms with E-state index in [4.69, 9.17) is 0 Å². The molecule has 13 heteroatoms. The Morgan fingerprint density at radius 1 is 1.22 bits per heavy atom. The molecular weight excluding hydrogens is 458 g/mol. The minimum Gasteiger partial charge on any atom is -0.435 e. The number of halogens is 4. The van der Waals surface area contributed by atoms with Crippen LogP contribution in [0, 0.1) is 6.92 Å². The van der Waals surface area contributed by atoms with Crippen molar-refractivity contribution >= 4 is 27.6 Å². The number of nitrogens with one attached hydrogen (secondary N) is 1. The molecule has 0 spiro atoms. The first-order valence-corrected chi connectivity index (χ1v) is 11.1. The molecule has 1 aromatic carbocycles. The zero-order valence-electron chi connectivity index (χ0n) is 16.7. The fourth-order valence-electron chi connectivity index (χ4n) is 3.22. The summed E-state index contributed by atoms with van der Waals surface area (Å²) in [5.41, 5.74) is 0.587. The number of rotatable bonds is 8. The number of ether oxygens (including phenoxy) is 2. The normalized spacial score (nSPS) is 17.9. The predicted octanol–water partition coefficient (Wildman–Crippen LogP) is 3.41. The van der Waals surface area contributed by atoms with E-state index in [0.29, 0.717) is 12.1 Å². The lowest BCUT2D eigenvalue weighted by atomic mass is 10.1. The van der Waals surface area contributed by atoms with Gasteiger partial charge in [0, 0.05) is 23.8 Å². The summed E-state index contributed by atoms with van der Waals surface area (Å²) in [5.74, 6) is -1.27. The molecule has 1 unspecified atom stereocenters. The van der Waals surface area contributed by atoms with Gasteiger partial charge in [-0.2, -0.15) is 22.7 Å². The molecule has 2 heterocycles. The van der Waals surface area contributed by atoms with E-state index in [1.165, 1.54) is 10.7 Å². The topological polar surface area (TPSA) is 99.5 Å². The van der Waals surface area contributed by atoms with E-state index in [0.717, 1.165) is 24.3 Å². The van der Waals surface area contributed by atoms with Crippen LogP contribution in [0.3, 0.4) is 0 Å². The molecule has 1 amide bonds. The maximum absolute atomic E-state index is 12.7. The van der Waals surface area contributed by atoms with Gasteiger partial charge in [-0.25, -0.2) is 13.1 Å². The summed E-state index contributed by atoms with van der Waals surface area (Å²) in [6.07, 6.45) is 2.55. The van der Waals surface area contributed by atoms with Gasteiger partial charge in [0.1, 0.15) is 17.3 Å². The van der Waals surface area contributed by atoms with Crippen LogP contribution in [0.15, 0.2) is 30.3 Å². The summed E-state index contributed by atoms with van der Waals surface area (Å²) in [6, 6.07) is 4.30. The van der Waals surface area contributed by atoms with Crippen molar-refractivity contribution in [1.29, 1.82) is 0 Å².